The van der Waals surface area contributed by atoms with E-state index in [4.69, 9.17) is 10.2 Å². The van der Waals surface area contributed by atoms with Gasteiger partial charge in [0.15, 0.2) is 0 Å². The molecule has 0 bridgehead atoms. The smallest absolute Gasteiger partial charge is 0.308 e. The van der Waals surface area contributed by atoms with Crippen LogP contribution in [-0.4, -0.2) is 26.0 Å². The van der Waals surface area contributed by atoms with Gasteiger partial charge in [0.1, 0.15) is 0 Å². The SMILES string of the molecule is CCCC(CNc1ccc(S(N)(=O)=O)cc1)C(=O)O. The lowest BCUT2D eigenvalue weighted by Crippen LogP contribution is -2.22. The van der Waals surface area contributed by atoms with Gasteiger partial charge in [0.25, 0.3) is 0 Å². The molecule has 6 nitrogen and oxygen atoms in total. The number of sulfonamides is 1. The molecule has 4 N–H and O–H groups in total. The first-order valence-electron chi connectivity index (χ1n) is 5.94. The van der Waals surface area contributed by atoms with E-state index in [0.29, 0.717) is 18.7 Å². The second kappa shape index (κ2) is 6.53. The number of rotatable bonds is 7. The van der Waals surface area contributed by atoms with Gasteiger partial charge in [-0.15, -0.1) is 0 Å². The van der Waals surface area contributed by atoms with E-state index < -0.39 is 21.9 Å². The normalized spacial score (nSPS) is 12.9. The van der Waals surface area contributed by atoms with E-state index >= 15 is 0 Å². The van der Waals surface area contributed by atoms with Crippen LogP contribution in [0.2, 0.25) is 0 Å². The van der Waals surface area contributed by atoms with Gasteiger partial charge in [0, 0.05) is 12.2 Å². The zero-order valence-electron chi connectivity index (χ0n) is 10.7. The summed E-state index contributed by atoms with van der Waals surface area (Å²) in [4.78, 5) is 11.0. The molecule has 0 fully saturated rings. The zero-order valence-corrected chi connectivity index (χ0v) is 11.5. The number of carbonyl (C=O) groups is 1. The van der Waals surface area contributed by atoms with Gasteiger partial charge in [0.05, 0.1) is 10.8 Å². The second-order valence-electron chi connectivity index (χ2n) is 4.27. The van der Waals surface area contributed by atoms with Crippen molar-refractivity contribution in [1.29, 1.82) is 0 Å². The molecule has 0 spiro atoms. The predicted octanol–water partition coefficient (Wildman–Crippen LogP) is 1.25. The minimum atomic E-state index is -3.69. The number of carboxylic acids is 1. The number of hydrogen-bond acceptors (Lipinski definition) is 4. The number of anilines is 1. The number of hydrogen-bond donors (Lipinski definition) is 3. The number of aliphatic carboxylic acids is 1. The van der Waals surface area contributed by atoms with E-state index in [2.05, 4.69) is 5.32 Å². The lowest BCUT2D eigenvalue weighted by Gasteiger charge is -2.13. The average molecular weight is 286 g/mol. The van der Waals surface area contributed by atoms with Crippen molar-refractivity contribution in [3.8, 4) is 0 Å². The quantitative estimate of drug-likeness (QED) is 0.698. The summed E-state index contributed by atoms with van der Waals surface area (Å²) in [5.41, 5.74) is 0.662. The van der Waals surface area contributed by atoms with Gasteiger partial charge in [-0.3, -0.25) is 4.79 Å². The summed E-state index contributed by atoms with van der Waals surface area (Å²) in [5, 5.41) is 17.0. The van der Waals surface area contributed by atoms with Gasteiger partial charge >= 0.3 is 5.97 Å². The van der Waals surface area contributed by atoms with Crippen LogP contribution in [0.1, 0.15) is 19.8 Å². The van der Waals surface area contributed by atoms with Crippen LogP contribution in [0.5, 0.6) is 0 Å². The van der Waals surface area contributed by atoms with Gasteiger partial charge in [-0.25, -0.2) is 13.6 Å². The van der Waals surface area contributed by atoms with Crippen LogP contribution < -0.4 is 10.5 Å². The van der Waals surface area contributed by atoms with Crippen LogP contribution in [0.25, 0.3) is 0 Å². The molecule has 0 saturated carbocycles. The Morgan fingerprint density at radius 3 is 2.37 bits per heavy atom. The van der Waals surface area contributed by atoms with Crippen molar-refractivity contribution in [3.63, 3.8) is 0 Å². The van der Waals surface area contributed by atoms with Crippen LogP contribution in [0.3, 0.4) is 0 Å². The molecule has 1 atom stereocenters. The fourth-order valence-corrected chi connectivity index (χ4v) is 2.18. The Bertz CT molecular complexity index is 525. The summed E-state index contributed by atoms with van der Waals surface area (Å²) in [6, 6.07) is 5.88. The van der Waals surface area contributed by atoms with Gasteiger partial charge < -0.3 is 10.4 Å². The van der Waals surface area contributed by atoms with Crippen molar-refractivity contribution < 1.29 is 18.3 Å². The first-order valence-corrected chi connectivity index (χ1v) is 7.48. The van der Waals surface area contributed by atoms with Crippen molar-refractivity contribution in [2.75, 3.05) is 11.9 Å². The molecule has 0 saturated heterocycles. The Balaban J connectivity index is 2.66. The minimum Gasteiger partial charge on any atom is -0.481 e. The van der Waals surface area contributed by atoms with E-state index in [9.17, 15) is 13.2 Å². The molecule has 19 heavy (non-hydrogen) atoms. The van der Waals surface area contributed by atoms with E-state index in [1.54, 1.807) is 12.1 Å². The van der Waals surface area contributed by atoms with Gasteiger partial charge in [0.2, 0.25) is 10.0 Å². The number of nitrogens with two attached hydrogens (primary N) is 1. The van der Waals surface area contributed by atoms with E-state index in [1.807, 2.05) is 6.92 Å². The molecule has 1 aromatic rings. The average Bonchev–Trinajstić information content (AvgIpc) is 2.33. The van der Waals surface area contributed by atoms with Crippen LogP contribution in [-0.2, 0) is 14.8 Å². The Morgan fingerprint density at radius 2 is 1.95 bits per heavy atom. The zero-order chi connectivity index (χ0) is 14.5. The summed E-state index contributed by atoms with van der Waals surface area (Å²) in [6.07, 6.45) is 1.39. The highest BCUT2D eigenvalue weighted by molar-refractivity contribution is 7.89. The summed E-state index contributed by atoms with van der Waals surface area (Å²) >= 11 is 0. The molecule has 0 radical (unpaired) electrons. The maximum Gasteiger partial charge on any atom is 0.308 e. The molecular weight excluding hydrogens is 268 g/mol. The molecule has 7 heteroatoms. The topological polar surface area (TPSA) is 109 Å². The van der Waals surface area contributed by atoms with Crippen molar-refractivity contribution in [1.82, 2.24) is 0 Å². The highest BCUT2D eigenvalue weighted by atomic mass is 32.2. The minimum absolute atomic E-state index is 0.0291. The molecule has 0 aromatic heterocycles. The van der Waals surface area contributed by atoms with Crippen LogP contribution in [0, 0.1) is 5.92 Å². The Hall–Kier alpha value is -1.60. The van der Waals surface area contributed by atoms with Crippen LogP contribution in [0.15, 0.2) is 29.2 Å². The highest BCUT2D eigenvalue weighted by Gasteiger charge is 2.15. The van der Waals surface area contributed by atoms with Gasteiger partial charge in [-0.05, 0) is 30.7 Å². The standard InChI is InChI=1S/C12H18N2O4S/c1-2-3-9(12(15)16)8-14-10-4-6-11(7-5-10)19(13,17)18/h4-7,9,14H,2-3,8H2,1H3,(H,15,16)(H2,13,17,18). The fourth-order valence-electron chi connectivity index (χ4n) is 1.66. The number of benzene rings is 1. The lowest BCUT2D eigenvalue weighted by atomic mass is 10.0. The first-order chi connectivity index (χ1) is 8.84. The Labute approximate surface area is 112 Å². The summed E-state index contributed by atoms with van der Waals surface area (Å²) < 4.78 is 22.1. The number of primary sulfonamides is 1. The molecule has 0 aliphatic rings. The highest BCUT2D eigenvalue weighted by Crippen LogP contribution is 2.14. The molecule has 1 rings (SSSR count). The third-order valence-corrected chi connectivity index (χ3v) is 3.65. The van der Waals surface area contributed by atoms with Crippen molar-refractivity contribution in [2.45, 2.75) is 24.7 Å². The lowest BCUT2D eigenvalue weighted by molar-refractivity contribution is -0.141. The van der Waals surface area contributed by atoms with E-state index in [1.165, 1.54) is 12.1 Å². The van der Waals surface area contributed by atoms with Gasteiger partial charge in [-0.1, -0.05) is 13.3 Å². The van der Waals surface area contributed by atoms with E-state index in [-0.39, 0.29) is 4.90 Å². The van der Waals surface area contributed by atoms with Crippen LogP contribution in [0.4, 0.5) is 5.69 Å². The number of nitrogens with one attached hydrogen (secondary N) is 1. The Kier molecular flexibility index (Phi) is 5.31. The number of carboxylic acid groups (broad SMARTS) is 1. The summed E-state index contributed by atoms with van der Waals surface area (Å²) in [7, 11) is -3.69. The van der Waals surface area contributed by atoms with Crippen molar-refractivity contribution in [2.24, 2.45) is 11.1 Å². The Morgan fingerprint density at radius 1 is 1.37 bits per heavy atom. The summed E-state index contributed by atoms with van der Waals surface area (Å²) in [5.74, 6) is -1.29. The maximum atomic E-state index is 11.1. The third-order valence-electron chi connectivity index (χ3n) is 2.72. The molecule has 0 heterocycles. The first kappa shape index (κ1) is 15.5. The molecule has 106 valence electrons. The molecule has 0 aliphatic heterocycles. The second-order valence-corrected chi connectivity index (χ2v) is 5.84. The molecule has 0 aliphatic carbocycles. The van der Waals surface area contributed by atoms with Crippen LogP contribution >= 0.6 is 0 Å². The summed E-state index contributed by atoms with van der Waals surface area (Å²) in [6.45, 7) is 2.23. The van der Waals surface area contributed by atoms with Crippen molar-refractivity contribution in [3.05, 3.63) is 24.3 Å². The molecule has 0 amide bonds. The maximum absolute atomic E-state index is 11.1. The molecule has 1 aromatic carbocycles. The van der Waals surface area contributed by atoms with E-state index in [0.717, 1.165) is 6.42 Å². The van der Waals surface area contributed by atoms with Gasteiger partial charge in [-0.2, -0.15) is 0 Å². The monoisotopic (exact) mass is 286 g/mol. The largest absolute Gasteiger partial charge is 0.481 e. The third kappa shape index (κ3) is 4.88. The molecule has 1 unspecified atom stereocenters. The fraction of sp³-hybridized carbons (Fsp3) is 0.417. The molecular formula is C12H18N2O4S. The van der Waals surface area contributed by atoms with Crippen molar-refractivity contribution >= 4 is 21.7 Å². The predicted molar refractivity (Wildman–Crippen MR) is 72.3 cm³/mol.